The van der Waals surface area contributed by atoms with E-state index in [1.807, 2.05) is 24.3 Å². The van der Waals surface area contributed by atoms with Gasteiger partial charge in [-0.2, -0.15) is 0 Å². The Morgan fingerprint density at radius 3 is 2.58 bits per heavy atom. The number of thioether (sulfide) groups is 1. The van der Waals surface area contributed by atoms with Crippen LogP contribution in [0.25, 0.3) is 0 Å². The highest BCUT2D eigenvalue weighted by Gasteiger charge is 2.36. The largest absolute Gasteiger partial charge is 0.497 e. The van der Waals surface area contributed by atoms with Crippen LogP contribution in [0.5, 0.6) is 5.75 Å². The molecule has 4 rings (SSSR count). The first-order chi connectivity index (χ1) is 14.8. The van der Waals surface area contributed by atoms with E-state index in [9.17, 15) is 18.0 Å². The first-order valence-corrected chi connectivity index (χ1v) is 13.5. The molecule has 0 radical (unpaired) electrons. The Balaban J connectivity index is 1.63. The second-order valence-corrected chi connectivity index (χ2v) is 11.4. The van der Waals surface area contributed by atoms with Crippen molar-refractivity contribution in [2.24, 2.45) is 0 Å². The molecule has 2 amide bonds. The van der Waals surface area contributed by atoms with E-state index >= 15 is 0 Å². The van der Waals surface area contributed by atoms with E-state index in [0.29, 0.717) is 22.7 Å². The minimum absolute atomic E-state index is 0.208. The maximum absolute atomic E-state index is 13.3. The maximum Gasteiger partial charge on any atom is 0.273 e. The molecule has 1 aromatic carbocycles. The van der Waals surface area contributed by atoms with Gasteiger partial charge in [0.25, 0.3) is 11.8 Å². The summed E-state index contributed by atoms with van der Waals surface area (Å²) in [7, 11) is -1.96. The number of carbonyl (C=O) groups is 2. The predicted octanol–water partition coefficient (Wildman–Crippen LogP) is 2.93. The molecule has 8 nitrogen and oxygen atoms in total. The lowest BCUT2D eigenvalue weighted by Crippen LogP contribution is -2.45. The van der Waals surface area contributed by atoms with Crippen molar-refractivity contribution in [1.82, 2.24) is 10.4 Å². The summed E-state index contributed by atoms with van der Waals surface area (Å²) < 4.78 is 31.4. The molecule has 2 aromatic rings. The van der Waals surface area contributed by atoms with Gasteiger partial charge >= 0.3 is 0 Å². The van der Waals surface area contributed by atoms with Gasteiger partial charge in [0, 0.05) is 4.88 Å². The molecule has 0 spiro atoms. The van der Waals surface area contributed by atoms with E-state index in [2.05, 4.69) is 10.1 Å². The number of thiophene rings is 1. The molecule has 1 aliphatic carbocycles. The molecule has 0 bridgehead atoms. The van der Waals surface area contributed by atoms with E-state index < -0.39 is 15.9 Å². The fraction of sp³-hybridized carbons (Fsp3) is 0.400. The van der Waals surface area contributed by atoms with Crippen LogP contribution < -0.4 is 14.9 Å². The van der Waals surface area contributed by atoms with Crippen LogP contribution >= 0.6 is 23.1 Å². The second-order valence-electron chi connectivity index (χ2n) is 7.43. The molecule has 0 saturated carbocycles. The van der Waals surface area contributed by atoms with E-state index in [0.717, 1.165) is 41.5 Å². The third-order valence-corrected chi connectivity index (χ3v) is 8.29. The van der Waals surface area contributed by atoms with Gasteiger partial charge in [-0.05, 0) is 48.9 Å². The van der Waals surface area contributed by atoms with Crippen LogP contribution in [0.3, 0.4) is 0 Å². The number of anilines is 1. The van der Waals surface area contributed by atoms with Gasteiger partial charge in [0.1, 0.15) is 16.1 Å². The Hall–Kier alpha value is -2.24. The van der Waals surface area contributed by atoms with Gasteiger partial charge in [-0.25, -0.2) is 13.4 Å². The normalized spacial score (nSPS) is 18.6. The van der Waals surface area contributed by atoms with Gasteiger partial charge in [-0.1, -0.05) is 12.1 Å². The lowest BCUT2D eigenvalue weighted by Gasteiger charge is -2.25. The van der Waals surface area contributed by atoms with E-state index in [4.69, 9.17) is 4.74 Å². The summed E-state index contributed by atoms with van der Waals surface area (Å²) in [5.74, 6) is 0.267. The summed E-state index contributed by atoms with van der Waals surface area (Å²) in [6.45, 7) is 0. The number of rotatable bonds is 6. The monoisotopic (exact) mass is 481 g/mol. The minimum atomic E-state index is -3.55. The number of amides is 2. The number of carbonyl (C=O) groups excluding carboxylic acids is 2. The highest BCUT2D eigenvalue weighted by atomic mass is 32.2. The number of hydrogen-bond donors (Lipinski definition) is 2. The number of fused-ring (bicyclic) bond motifs is 1. The Morgan fingerprint density at radius 1 is 1.19 bits per heavy atom. The highest BCUT2D eigenvalue weighted by Crippen LogP contribution is 2.40. The SMILES string of the molecule is COc1ccc(C2SCC(=O)N2NC(=O)c2c(NS(C)(=O)=O)sc3c2CCCC3)cc1. The van der Waals surface area contributed by atoms with Crippen molar-refractivity contribution >= 4 is 49.9 Å². The zero-order chi connectivity index (χ0) is 22.2. The molecule has 2 heterocycles. The molecule has 2 aliphatic rings. The Morgan fingerprint density at radius 2 is 1.90 bits per heavy atom. The van der Waals surface area contributed by atoms with Gasteiger partial charge < -0.3 is 4.74 Å². The molecule has 11 heteroatoms. The lowest BCUT2D eigenvalue weighted by atomic mass is 9.95. The van der Waals surface area contributed by atoms with Crippen LogP contribution in [-0.2, 0) is 27.7 Å². The van der Waals surface area contributed by atoms with Crippen LogP contribution in [0.4, 0.5) is 5.00 Å². The van der Waals surface area contributed by atoms with Crippen LogP contribution in [0, 0.1) is 0 Å². The number of aryl methyl sites for hydroxylation is 1. The quantitative estimate of drug-likeness (QED) is 0.657. The molecule has 1 atom stereocenters. The predicted molar refractivity (Wildman–Crippen MR) is 122 cm³/mol. The zero-order valence-electron chi connectivity index (χ0n) is 17.1. The average molecular weight is 482 g/mol. The molecule has 2 N–H and O–H groups in total. The average Bonchev–Trinajstić information content (AvgIpc) is 3.26. The van der Waals surface area contributed by atoms with Crippen molar-refractivity contribution in [2.75, 3.05) is 23.8 Å². The number of benzene rings is 1. The number of hydrazine groups is 1. The summed E-state index contributed by atoms with van der Waals surface area (Å²) >= 11 is 2.72. The van der Waals surface area contributed by atoms with Gasteiger partial charge in [0.05, 0.1) is 24.7 Å². The topological polar surface area (TPSA) is 105 Å². The molecule has 1 aliphatic heterocycles. The van der Waals surface area contributed by atoms with Crippen LogP contribution in [0.15, 0.2) is 24.3 Å². The Labute approximate surface area is 189 Å². The molecule has 1 fully saturated rings. The fourth-order valence-corrected chi connectivity index (χ4v) is 7.08. The van der Waals surface area contributed by atoms with Crippen molar-refractivity contribution in [1.29, 1.82) is 0 Å². The molecule has 1 saturated heterocycles. The molecular formula is C20H23N3O5S3. The first-order valence-electron chi connectivity index (χ1n) is 9.78. The first kappa shape index (κ1) is 22.0. The van der Waals surface area contributed by atoms with Crippen LogP contribution in [-0.4, -0.2) is 44.4 Å². The number of nitrogens with one attached hydrogen (secondary N) is 2. The van der Waals surface area contributed by atoms with Crippen LogP contribution in [0.2, 0.25) is 0 Å². The molecule has 166 valence electrons. The van der Waals surface area contributed by atoms with Gasteiger partial charge in [-0.15, -0.1) is 23.1 Å². The van der Waals surface area contributed by atoms with E-state index in [1.54, 1.807) is 7.11 Å². The standard InChI is InChI=1S/C20H23N3O5S3/c1-28-13-9-7-12(8-10-13)20-23(16(24)11-29-20)21-18(25)17-14-5-3-4-6-15(14)30-19(17)22-31(2,26)27/h7-10,20,22H,3-6,11H2,1-2H3,(H,21,25). The maximum atomic E-state index is 13.3. The van der Waals surface area contributed by atoms with Gasteiger partial charge in [0.2, 0.25) is 10.0 Å². The van der Waals surface area contributed by atoms with Crippen molar-refractivity contribution < 1.29 is 22.7 Å². The van der Waals surface area contributed by atoms with Gasteiger partial charge in [-0.3, -0.25) is 19.7 Å². The number of nitrogens with zero attached hydrogens (tertiary/aromatic N) is 1. The number of methoxy groups -OCH3 is 1. The smallest absolute Gasteiger partial charge is 0.273 e. The third kappa shape index (κ3) is 4.68. The Bertz CT molecular complexity index is 1110. The van der Waals surface area contributed by atoms with Crippen molar-refractivity contribution in [3.05, 3.63) is 45.8 Å². The Kier molecular flexibility index (Phi) is 6.18. The van der Waals surface area contributed by atoms with Crippen molar-refractivity contribution in [2.45, 2.75) is 31.1 Å². The molecular weight excluding hydrogens is 458 g/mol. The van der Waals surface area contributed by atoms with Crippen molar-refractivity contribution in [3.8, 4) is 5.75 Å². The summed E-state index contributed by atoms with van der Waals surface area (Å²) in [6.07, 6.45) is 4.54. The molecule has 1 unspecified atom stereocenters. The molecule has 1 aromatic heterocycles. The fourth-order valence-electron chi connectivity index (χ4n) is 3.77. The third-order valence-electron chi connectivity index (χ3n) is 5.17. The lowest BCUT2D eigenvalue weighted by molar-refractivity contribution is -0.130. The summed E-state index contributed by atoms with van der Waals surface area (Å²) in [5, 5.41) is 1.28. The van der Waals surface area contributed by atoms with E-state index in [-0.39, 0.29) is 17.0 Å². The minimum Gasteiger partial charge on any atom is -0.497 e. The number of hydrogen-bond acceptors (Lipinski definition) is 7. The summed E-state index contributed by atoms with van der Waals surface area (Å²) in [6, 6.07) is 7.33. The number of ether oxygens (including phenoxy) is 1. The summed E-state index contributed by atoms with van der Waals surface area (Å²) in [5.41, 5.74) is 4.81. The van der Waals surface area contributed by atoms with Gasteiger partial charge in [0.15, 0.2) is 0 Å². The highest BCUT2D eigenvalue weighted by molar-refractivity contribution is 8.00. The van der Waals surface area contributed by atoms with Crippen LogP contribution in [0.1, 0.15) is 44.6 Å². The van der Waals surface area contributed by atoms with E-state index in [1.165, 1.54) is 28.1 Å². The summed E-state index contributed by atoms with van der Waals surface area (Å²) in [4.78, 5) is 26.9. The van der Waals surface area contributed by atoms with Crippen molar-refractivity contribution in [3.63, 3.8) is 0 Å². The molecule has 31 heavy (non-hydrogen) atoms. The zero-order valence-corrected chi connectivity index (χ0v) is 19.6. The number of sulfonamides is 1. The second kappa shape index (κ2) is 8.71.